The van der Waals surface area contributed by atoms with Crippen LogP contribution in [0.4, 0.5) is 4.39 Å². The predicted molar refractivity (Wildman–Crippen MR) is 95.2 cm³/mol. The average molecular weight is 339 g/mol. The normalized spacial score (nSPS) is 11.2. The Morgan fingerprint density at radius 1 is 0.708 bits per heavy atom. The summed E-state index contributed by atoms with van der Waals surface area (Å²) in [5, 5.41) is 24.2. The average Bonchev–Trinajstić information content (AvgIpc) is 2.57. The maximum Gasteiger partial charge on any atom is 0.172 e. The lowest BCUT2D eigenvalue weighted by Gasteiger charge is -2.11. The van der Waals surface area contributed by atoms with Crippen LogP contribution in [0.2, 0.25) is 5.02 Å². The van der Waals surface area contributed by atoms with Crippen LogP contribution in [0.3, 0.4) is 0 Å². The number of halogens is 2. The quantitative estimate of drug-likeness (QED) is 0.426. The van der Waals surface area contributed by atoms with Crippen LogP contribution in [-0.2, 0) is 0 Å². The molecule has 0 radical (unpaired) electrons. The molecule has 2 N–H and O–H groups in total. The first-order valence-corrected chi connectivity index (χ1v) is 7.75. The van der Waals surface area contributed by atoms with Crippen molar-refractivity contribution in [1.82, 2.24) is 0 Å². The Morgan fingerprint density at radius 3 is 2.25 bits per heavy atom. The number of fused-ring (bicyclic) bond motifs is 3. The van der Waals surface area contributed by atoms with E-state index in [0.717, 1.165) is 21.5 Å². The van der Waals surface area contributed by atoms with Crippen molar-refractivity contribution in [1.29, 1.82) is 0 Å². The van der Waals surface area contributed by atoms with Gasteiger partial charge < -0.3 is 10.2 Å². The molecule has 0 spiro atoms. The third kappa shape index (κ3) is 2.25. The van der Waals surface area contributed by atoms with Gasteiger partial charge in [-0.15, -0.1) is 0 Å². The topological polar surface area (TPSA) is 40.5 Å². The number of phenols is 2. The maximum atomic E-state index is 14.2. The lowest BCUT2D eigenvalue weighted by molar-refractivity contribution is 0.433. The van der Waals surface area contributed by atoms with Crippen molar-refractivity contribution in [3.05, 3.63) is 71.5 Å². The highest BCUT2D eigenvalue weighted by atomic mass is 35.5. The van der Waals surface area contributed by atoms with E-state index in [1.807, 2.05) is 30.3 Å². The van der Waals surface area contributed by atoms with Gasteiger partial charge in [0.15, 0.2) is 11.6 Å². The second-order valence-corrected chi connectivity index (χ2v) is 6.10. The Bertz CT molecular complexity index is 1110. The number of aromatic hydroxyl groups is 2. The van der Waals surface area contributed by atoms with Gasteiger partial charge in [-0.3, -0.25) is 0 Å². The van der Waals surface area contributed by atoms with E-state index in [9.17, 15) is 14.6 Å². The van der Waals surface area contributed by atoms with Crippen molar-refractivity contribution < 1.29 is 14.6 Å². The van der Waals surface area contributed by atoms with Crippen LogP contribution in [0.25, 0.3) is 32.7 Å². The summed E-state index contributed by atoms with van der Waals surface area (Å²) in [5.74, 6) is -1.26. The molecule has 0 bridgehead atoms. The molecule has 2 nitrogen and oxygen atoms in total. The zero-order valence-electron chi connectivity index (χ0n) is 12.4. The fourth-order valence-electron chi connectivity index (χ4n) is 3.01. The van der Waals surface area contributed by atoms with E-state index in [0.29, 0.717) is 10.6 Å². The maximum absolute atomic E-state index is 14.2. The third-order valence-electron chi connectivity index (χ3n) is 4.18. The van der Waals surface area contributed by atoms with Gasteiger partial charge in [-0.1, -0.05) is 41.9 Å². The number of benzene rings is 4. The number of hydrogen-bond acceptors (Lipinski definition) is 2. The lowest BCUT2D eigenvalue weighted by atomic mass is 9.96. The van der Waals surface area contributed by atoms with Gasteiger partial charge in [0, 0.05) is 16.1 Å². The van der Waals surface area contributed by atoms with E-state index in [1.165, 1.54) is 18.2 Å². The van der Waals surface area contributed by atoms with Gasteiger partial charge in [0.05, 0.1) is 0 Å². The third-order valence-corrected chi connectivity index (χ3v) is 4.42. The van der Waals surface area contributed by atoms with Crippen LogP contribution in [0.5, 0.6) is 11.5 Å². The molecule has 0 aliphatic rings. The van der Waals surface area contributed by atoms with E-state index in [4.69, 9.17) is 11.6 Å². The Morgan fingerprint density at radius 2 is 1.42 bits per heavy atom. The molecule has 0 saturated carbocycles. The van der Waals surface area contributed by atoms with Gasteiger partial charge in [0.1, 0.15) is 5.75 Å². The minimum absolute atomic E-state index is 0.0560. The van der Waals surface area contributed by atoms with Crippen molar-refractivity contribution >= 4 is 33.1 Å². The summed E-state index contributed by atoms with van der Waals surface area (Å²) in [6.45, 7) is 0. The fraction of sp³-hybridized carbons (Fsp3) is 0. The van der Waals surface area contributed by atoms with Gasteiger partial charge in [-0.2, -0.15) is 0 Å². The first kappa shape index (κ1) is 14.8. The molecule has 4 aromatic carbocycles. The van der Waals surface area contributed by atoms with Crippen LogP contribution in [-0.4, -0.2) is 10.2 Å². The summed E-state index contributed by atoms with van der Waals surface area (Å²) in [5.41, 5.74) is 0.484. The summed E-state index contributed by atoms with van der Waals surface area (Å²) < 4.78 is 14.2. The standard InChI is InChI=1S/C20H12ClFO2/c21-13-7-6-11-4-5-12-8-17(14-2-1-3-18(23)20(14)22)19(24)10-16(12)15(11)9-13/h1-10,23-24H. The van der Waals surface area contributed by atoms with E-state index < -0.39 is 11.6 Å². The Kier molecular flexibility index (Phi) is 3.32. The lowest BCUT2D eigenvalue weighted by Crippen LogP contribution is -1.87. The Hall–Kier alpha value is -2.78. The second-order valence-electron chi connectivity index (χ2n) is 5.66. The molecule has 0 atom stereocenters. The van der Waals surface area contributed by atoms with Gasteiger partial charge in [0.2, 0.25) is 0 Å². The molecule has 0 aliphatic carbocycles. The molecule has 0 aromatic heterocycles. The van der Waals surface area contributed by atoms with Gasteiger partial charge in [-0.05, 0) is 51.9 Å². The molecule has 4 rings (SSSR count). The first-order chi connectivity index (χ1) is 11.5. The number of rotatable bonds is 1. The molecule has 0 heterocycles. The number of phenolic OH excluding ortho intramolecular Hbond substituents is 2. The highest BCUT2D eigenvalue weighted by Crippen LogP contribution is 2.39. The monoisotopic (exact) mass is 338 g/mol. The van der Waals surface area contributed by atoms with Crippen molar-refractivity contribution in [3.8, 4) is 22.6 Å². The largest absolute Gasteiger partial charge is 0.507 e. The van der Waals surface area contributed by atoms with Gasteiger partial charge in [0.25, 0.3) is 0 Å². The van der Waals surface area contributed by atoms with Crippen LogP contribution in [0.15, 0.2) is 60.7 Å². The zero-order valence-corrected chi connectivity index (χ0v) is 13.2. The number of hydrogen-bond donors (Lipinski definition) is 2. The minimum atomic E-state index is -0.754. The Balaban J connectivity index is 2.05. The van der Waals surface area contributed by atoms with E-state index in [-0.39, 0.29) is 11.3 Å². The summed E-state index contributed by atoms with van der Waals surface area (Å²) in [6.07, 6.45) is 0. The van der Waals surface area contributed by atoms with E-state index >= 15 is 0 Å². The van der Waals surface area contributed by atoms with Crippen LogP contribution in [0.1, 0.15) is 0 Å². The molecule has 0 saturated heterocycles. The predicted octanol–water partition coefficient (Wildman–Crippen LogP) is 5.86. The van der Waals surface area contributed by atoms with Crippen molar-refractivity contribution in [2.24, 2.45) is 0 Å². The summed E-state index contributed by atoms with van der Waals surface area (Å²) >= 11 is 6.08. The molecular formula is C20H12ClFO2. The van der Waals surface area contributed by atoms with Crippen molar-refractivity contribution in [3.63, 3.8) is 0 Å². The summed E-state index contributed by atoms with van der Waals surface area (Å²) in [4.78, 5) is 0. The molecule has 24 heavy (non-hydrogen) atoms. The van der Waals surface area contributed by atoms with Crippen molar-refractivity contribution in [2.45, 2.75) is 0 Å². The molecule has 0 aliphatic heterocycles. The fourth-order valence-corrected chi connectivity index (χ4v) is 3.18. The van der Waals surface area contributed by atoms with E-state index in [2.05, 4.69) is 0 Å². The minimum Gasteiger partial charge on any atom is -0.507 e. The Labute approximate surface area is 142 Å². The highest BCUT2D eigenvalue weighted by molar-refractivity contribution is 6.31. The van der Waals surface area contributed by atoms with Crippen LogP contribution >= 0.6 is 11.6 Å². The smallest absolute Gasteiger partial charge is 0.172 e. The molecule has 0 amide bonds. The molecular weight excluding hydrogens is 327 g/mol. The summed E-state index contributed by atoms with van der Waals surface area (Å²) in [6, 6.07) is 17.1. The zero-order chi connectivity index (χ0) is 16.8. The first-order valence-electron chi connectivity index (χ1n) is 7.37. The molecule has 0 fully saturated rings. The molecule has 118 valence electrons. The van der Waals surface area contributed by atoms with E-state index in [1.54, 1.807) is 12.1 Å². The SMILES string of the molecule is Oc1cc2c(ccc3ccc(Cl)cc32)cc1-c1cccc(O)c1F. The van der Waals surface area contributed by atoms with Gasteiger partial charge in [-0.25, -0.2) is 4.39 Å². The highest BCUT2D eigenvalue weighted by Gasteiger charge is 2.14. The molecule has 4 heteroatoms. The molecule has 4 aromatic rings. The summed E-state index contributed by atoms with van der Waals surface area (Å²) in [7, 11) is 0. The second kappa shape index (κ2) is 5.39. The van der Waals surface area contributed by atoms with Crippen LogP contribution in [0, 0.1) is 5.82 Å². The molecule has 0 unspecified atom stereocenters. The van der Waals surface area contributed by atoms with Gasteiger partial charge >= 0.3 is 0 Å². The van der Waals surface area contributed by atoms with Crippen LogP contribution < -0.4 is 0 Å². The van der Waals surface area contributed by atoms with Crippen molar-refractivity contribution in [2.75, 3.05) is 0 Å².